The predicted octanol–water partition coefficient (Wildman–Crippen LogP) is 0.511. The third-order valence-corrected chi connectivity index (χ3v) is 6.58. The molecule has 0 bridgehead atoms. The number of ether oxygens (including phenoxy) is 1. The first kappa shape index (κ1) is 23.4. The predicted molar refractivity (Wildman–Crippen MR) is 132 cm³/mol. The molecule has 36 heavy (non-hydrogen) atoms. The number of carbonyl (C=O) groups is 3. The number of hydrogen-bond donors (Lipinski definition) is 4. The van der Waals surface area contributed by atoms with Gasteiger partial charge in [0.25, 0.3) is 11.8 Å². The van der Waals surface area contributed by atoms with Gasteiger partial charge in [0.05, 0.1) is 13.7 Å². The first-order valence-electron chi connectivity index (χ1n) is 11.7. The lowest BCUT2D eigenvalue weighted by Gasteiger charge is -2.29. The largest absolute Gasteiger partial charge is 0.497 e. The van der Waals surface area contributed by atoms with Crippen LogP contribution >= 0.6 is 0 Å². The number of fused-ring (bicyclic) bond motifs is 1. The van der Waals surface area contributed by atoms with E-state index >= 15 is 0 Å². The molecule has 1 atom stereocenters. The molecule has 0 radical (unpaired) electrons. The number of imide groups is 1. The molecule has 0 aliphatic carbocycles. The van der Waals surface area contributed by atoms with Gasteiger partial charge < -0.3 is 25.2 Å². The molecule has 2 aromatic rings. The number of piperazine rings is 1. The molecule has 10 heteroatoms. The van der Waals surface area contributed by atoms with Gasteiger partial charge in [-0.1, -0.05) is 30.0 Å². The standard InChI is InChI=1S/C26H26N6O4/c1-36-20-7-6-19-15-32(23(33)21(19)14-20)16-26(24(34)29-25(35)30-26)9-8-17-2-4-18(5-3-17)22(27)31-12-10-28-11-13-31/h2-7,14,27-28H,10-13,15-16H2,1H3,(H2,29,30,34,35). The number of rotatable bonds is 4. The van der Waals surface area contributed by atoms with Gasteiger partial charge in [0.1, 0.15) is 11.6 Å². The maximum absolute atomic E-state index is 13.0. The van der Waals surface area contributed by atoms with Crippen LogP contribution in [-0.4, -0.2) is 78.9 Å². The Bertz CT molecular complexity index is 1310. The lowest BCUT2D eigenvalue weighted by Crippen LogP contribution is -2.54. The molecule has 184 valence electrons. The molecule has 10 nitrogen and oxygen atoms in total. The number of amidine groups is 1. The minimum Gasteiger partial charge on any atom is -0.497 e. The van der Waals surface area contributed by atoms with Gasteiger partial charge in [-0.05, 0) is 29.8 Å². The average Bonchev–Trinajstić information content (AvgIpc) is 3.36. The van der Waals surface area contributed by atoms with Crippen molar-refractivity contribution in [3.63, 3.8) is 0 Å². The number of nitrogens with zero attached hydrogens (tertiary/aromatic N) is 2. The minimum atomic E-state index is -1.58. The summed E-state index contributed by atoms with van der Waals surface area (Å²) in [6.07, 6.45) is 0. The van der Waals surface area contributed by atoms with Crippen molar-refractivity contribution < 1.29 is 19.1 Å². The number of benzene rings is 2. The zero-order chi connectivity index (χ0) is 25.3. The summed E-state index contributed by atoms with van der Waals surface area (Å²) in [5.74, 6) is 6.06. The fourth-order valence-corrected chi connectivity index (χ4v) is 4.57. The van der Waals surface area contributed by atoms with E-state index in [0.717, 1.165) is 37.3 Å². The van der Waals surface area contributed by atoms with E-state index in [9.17, 15) is 14.4 Å². The fraction of sp³-hybridized carbons (Fsp3) is 0.308. The molecular weight excluding hydrogens is 460 g/mol. The molecule has 2 aromatic carbocycles. The van der Waals surface area contributed by atoms with Gasteiger partial charge in [-0.3, -0.25) is 20.3 Å². The third kappa shape index (κ3) is 4.36. The van der Waals surface area contributed by atoms with Crippen molar-refractivity contribution in [1.82, 2.24) is 25.8 Å². The van der Waals surface area contributed by atoms with E-state index in [1.807, 2.05) is 23.1 Å². The molecule has 4 N–H and O–H groups in total. The summed E-state index contributed by atoms with van der Waals surface area (Å²) in [5, 5.41) is 16.6. The monoisotopic (exact) mass is 486 g/mol. The van der Waals surface area contributed by atoms with Gasteiger partial charge in [-0.25, -0.2) is 4.79 Å². The highest BCUT2D eigenvalue weighted by Crippen LogP contribution is 2.28. The third-order valence-electron chi connectivity index (χ3n) is 6.58. The van der Waals surface area contributed by atoms with Crippen LogP contribution in [0.3, 0.4) is 0 Å². The van der Waals surface area contributed by atoms with Crippen molar-refractivity contribution in [3.05, 3.63) is 64.7 Å². The molecule has 0 aromatic heterocycles. The van der Waals surface area contributed by atoms with E-state index in [1.54, 1.807) is 24.3 Å². The van der Waals surface area contributed by atoms with Gasteiger partial charge in [-0.2, -0.15) is 0 Å². The second-order valence-electron chi connectivity index (χ2n) is 8.91. The topological polar surface area (TPSA) is 127 Å². The maximum atomic E-state index is 13.0. The van der Waals surface area contributed by atoms with Crippen LogP contribution in [0.2, 0.25) is 0 Å². The van der Waals surface area contributed by atoms with Crippen molar-refractivity contribution in [3.8, 4) is 17.6 Å². The Balaban J connectivity index is 1.36. The molecule has 3 aliphatic rings. The van der Waals surface area contributed by atoms with Crippen LogP contribution in [-0.2, 0) is 11.3 Å². The molecule has 2 saturated heterocycles. The SMILES string of the molecule is COc1ccc2c(c1)C(=O)N(CC1(C#Cc3ccc(C(=N)N4CCNCC4)cc3)NC(=O)NC1=O)C2. The van der Waals surface area contributed by atoms with Crippen LogP contribution in [0.25, 0.3) is 0 Å². The smallest absolute Gasteiger partial charge is 0.323 e. The Morgan fingerprint density at radius 3 is 2.53 bits per heavy atom. The number of nitrogens with one attached hydrogen (secondary N) is 4. The van der Waals surface area contributed by atoms with Crippen LogP contribution in [0.1, 0.15) is 27.0 Å². The summed E-state index contributed by atoms with van der Waals surface area (Å²) in [6.45, 7) is 3.46. The number of hydrogen-bond acceptors (Lipinski definition) is 6. The summed E-state index contributed by atoms with van der Waals surface area (Å²) < 4.78 is 5.22. The lowest BCUT2D eigenvalue weighted by atomic mass is 9.99. The van der Waals surface area contributed by atoms with Crippen LogP contribution in [0.4, 0.5) is 4.79 Å². The second-order valence-corrected chi connectivity index (χ2v) is 8.91. The van der Waals surface area contributed by atoms with Crippen LogP contribution in [0.15, 0.2) is 42.5 Å². The number of amides is 4. The van der Waals surface area contributed by atoms with Crippen LogP contribution < -0.4 is 20.7 Å². The van der Waals surface area contributed by atoms with E-state index in [1.165, 1.54) is 12.0 Å². The van der Waals surface area contributed by atoms with E-state index in [2.05, 4.69) is 27.8 Å². The Morgan fingerprint density at radius 1 is 1.11 bits per heavy atom. The average molecular weight is 487 g/mol. The Hall–Kier alpha value is -4.36. The van der Waals surface area contributed by atoms with Crippen molar-refractivity contribution in [2.45, 2.75) is 12.1 Å². The van der Waals surface area contributed by atoms with Crippen LogP contribution in [0, 0.1) is 17.3 Å². The quantitative estimate of drug-likeness (QED) is 0.216. The fourth-order valence-electron chi connectivity index (χ4n) is 4.57. The second kappa shape index (κ2) is 9.36. The zero-order valence-corrected chi connectivity index (χ0v) is 19.8. The summed E-state index contributed by atoms with van der Waals surface area (Å²) in [7, 11) is 1.53. The van der Waals surface area contributed by atoms with Gasteiger partial charge >= 0.3 is 6.03 Å². The Kier molecular flexibility index (Phi) is 6.08. The van der Waals surface area contributed by atoms with Gasteiger partial charge in [0.15, 0.2) is 0 Å². The van der Waals surface area contributed by atoms with E-state index < -0.39 is 17.5 Å². The minimum absolute atomic E-state index is 0.0981. The van der Waals surface area contributed by atoms with E-state index in [4.69, 9.17) is 10.1 Å². The molecular formula is C26H26N6O4. The van der Waals surface area contributed by atoms with Crippen molar-refractivity contribution in [2.24, 2.45) is 0 Å². The van der Waals surface area contributed by atoms with Crippen molar-refractivity contribution >= 4 is 23.7 Å². The van der Waals surface area contributed by atoms with E-state index in [-0.39, 0.29) is 12.5 Å². The first-order valence-corrected chi connectivity index (χ1v) is 11.7. The Morgan fingerprint density at radius 2 is 1.86 bits per heavy atom. The summed E-state index contributed by atoms with van der Waals surface area (Å²) >= 11 is 0. The van der Waals surface area contributed by atoms with Gasteiger partial charge in [-0.15, -0.1) is 0 Å². The summed E-state index contributed by atoms with van der Waals surface area (Å²) in [6, 6.07) is 11.8. The molecule has 4 amide bonds. The Labute approximate surface area is 208 Å². The molecule has 3 heterocycles. The summed E-state index contributed by atoms with van der Waals surface area (Å²) in [5.41, 5.74) is 1.15. The van der Waals surface area contributed by atoms with Gasteiger partial charge in [0, 0.05) is 49.4 Å². The van der Waals surface area contributed by atoms with Crippen molar-refractivity contribution in [2.75, 3.05) is 39.8 Å². The van der Waals surface area contributed by atoms with Crippen molar-refractivity contribution in [1.29, 1.82) is 5.41 Å². The number of urea groups is 1. The lowest BCUT2D eigenvalue weighted by molar-refractivity contribution is -0.122. The highest BCUT2D eigenvalue weighted by atomic mass is 16.5. The highest BCUT2D eigenvalue weighted by Gasteiger charge is 2.48. The van der Waals surface area contributed by atoms with E-state index in [0.29, 0.717) is 29.3 Å². The number of methoxy groups -OCH3 is 1. The normalized spacial score (nSPS) is 20.9. The molecule has 0 saturated carbocycles. The first-order chi connectivity index (χ1) is 17.4. The maximum Gasteiger partial charge on any atom is 0.323 e. The van der Waals surface area contributed by atoms with Gasteiger partial charge in [0.2, 0.25) is 5.54 Å². The molecule has 3 aliphatic heterocycles. The zero-order valence-electron chi connectivity index (χ0n) is 19.8. The summed E-state index contributed by atoms with van der Waals surface area (Å²) in [4.78, 5) is 41.4. The highest BCUT2D eigenvalue weighted by molar-refractivity contribution is 6.10. The molecule has 5 rings (SSSR count). The molecule has 1 unspecified atom stereocenters. The number of carbonyl (C=O) groups excluding carboxylic acids is 3. The van der Waals surface area contributed by atoms with Crippen LogP contribution in [0.5, 0.6) is 5.75 Å². The molecule has 0 spiro atoms. The molecule has 2 fully saturated rings.